The molecule has 3 heteroatoms. The molecular formula is C17H21N3. The summed E-state index contributed by atoms with van der Waals surface area (Å²) in [6.45, 7) is 1.01. The Bertz CT molecular complexity index is 588. The van der Waals surface area contributed by atoms with Crippen molar-refractivity contribution in [2.24, 2.45) is 5.92 Å². The summed E-state index contributed by atoms with van der Waals surface area (Å²) in [6.07, 6.45) is 11.4. The third-order valence-corrected chi connectivity index (χ3v) is 5.05. The first-order valence-electron chi connectivity index (χ1n) is 7.83. The smallest absolute Gasteiger partial charge is 0.137 e. The Morgan fingerprint density at radius 2 is 2.20 bits per heavy atom. The van der Waals surface area contributed by atoms with E-state index in [0.29, 0.717) is 0 Å². The highest BCUT2D eigenvalue weighted by atomic mass is 15.3. The molecule has 0 radical (unpaired) electrons. The molecule has 4 rings (SSSR count). The quantitative estimate of drug-likeness (QED) is 0.854. The van der Waals surface area contributed by atoms with Gasteiger partial charge in [-0.1, -0.05) is 18.2 Å². The first kappa shape index (κ1) is 12.1. The molecule has 0 saturated heterocycles. The molecule has 0 spiro atoms. The van der Waals surface area contributed by atoms with Gasteiger partial charge in [0.1, 0.15) is 12.7 Å². The number of aryl methyl sites for hydroxylation is 2. The SMILES string of the molecule is c1cc2c3c(c1)C[C@H](CCn1cncn1)C[C@H]3CCC2. The summed E-state index contributed by atoms with van der Waals surface area (Å²) in [4.78, 5) is 4.03. The van der Waals surface area contributed by atoms with Gasteiger partial charge in [0.2, 0.25) is 0 Å². The van der Waals surface area contributed by atoms with Crippen molar-refractivity contribution in [3.05, 3.63) is 47.5 Å². The van der Waals surface area contributed by atoms with Gasteiger partial charge in [0.15, 0.2) is 0 Å². The molecule has 2 aliphatic rings. The van der Waals surface area contributed by atoms with Crippen LogP contribution < -0.4 is 0 Å². The second-order valence-corrected chi connectivity index (χ2v) is 6.33. The predicted octanol–water partition coefficient (Wildman–Crippen LogP) is 3.35. The third-order valence-electron chi connectivity index (χ3n) is 5.05. The van der Waals surface area contributed by atoms with Gasteiger partial charge in [-0.25, -0.2) is 4.98 Å². The molecule has 0 aliphatic heterocycles. The molecule has 2 aromatic rings. The predicted molar refractivity (Wildman–Crippen MR) is 78.6 cm³/mol. The number of hydrogen-bond acceptors (Lipinski definition) is 2. The number of benzene rings is 1. The largest absolute Gasteiger partial charge is 0.253 e. The third kappa shape index (κ3) is 2.15. The zero-order valence-corrected chi connectivity index (χ0v) is 11.8. The average Bonchev–Trinajstić information content (AvgIpc) is 2.99. The lowest BCUT2D eigenvalue weighted by Gasteiger charge is -2.36. The van der Waals surface area contributed by atoms with Crippen LogP contribution >= 0.6 is 0 Å². The van der Waals surface area contributed by atoms with E-state index in [2.05, 4.69) is 28.3 Å². The number of rotatable bonds is 3. The minimum Gasteiger partial charge on any atom is -0.253 e. The van der Waals surface area contributed by atoms with Gasteiger partial charge in [0.05, 0.1) is 0 Å². The van der Waals surface area contributed by atoms with E-state index in [-0.39, 0.29) is 0 Å². The summed E-state index contributed by atoms with van der Waals surface area (Å²) in [5.41, 5.74) is 4.98. The number of nitrogens with zero attached hydrogens (tertiary/aromatic N) is 3. The van der Waals surface area contributed by atoms with Gasteiger partial charge in [0.25, 0.3) is 0 Å². The average molecular weight is 267 g/mol. The Morgan fingerprint density at radius 1 is 1.25 bits per heavy atom. The van der Waals surface area contributed by atoms with E-state index in [0.717, 1.165) is 18.4 Å². The lowest BCUT2D eigenvalue weighted by atomic mass is 9.69. The van der Waals surface area contributed by atoms with Crippen molar-refractivity contribution in [2.75, 3.05) is 0 Å². The molecule has 104 valence electrons. The standard InChI is InChI=1S/C17H21N3/c1-3-14-4-2-6-16-10-13(9-15(5-1)17(14)16)7-8-20-12-18-11-19-20/h1,3,5,11-13,16H,2,4,6-10H2/t13-,16+/m0/s1. The van der Waals surface area contributed by atoms with Gasteiger partial charge in [-0.2, -0.15) is 5.10 Å². The molecule has 1 aromatic carbocycles. The molecule has 1 aromatic heterocycles. The lowest BCUT2D eigenvalue weighted by Crippen LogP contribution is -2.24. The fraction of sp³-hybridized carbons (Fsp3) is 0.529. The monoisotopic (exact) mass is 267 g/mol. The summed E-state index contributed by atoms with van der Waals surface area (Å²) in [5, 5.41) is 4.21. The lowest BCUT2D eigenvalue weighted by molar-refractivity contribution is 0.333. The zero-order chi connectivity index (χ0) is 13.4. The first-order valence-corrected chi connectivity index (χ1v) is 7.83. The molecule has 0 amide bonds. The Morgan fingerprint density at radius 3 is 3.10 bits per heavy atom. The van der Waals surface area contributed by atoms with Gasteiger partial charge >= 0.3 is 0 Å². The molecule has 0 N–H and O–H groups in total. The van der Waals surface area contributed by atoms with Crippen LogP contribution in [0.2, 0.25) is 0 Å². The Kier molecular flexibility index (Phi) is 3.06. The second kappa shape index (κ2) is 5.04. The van der Waals surface area contributed by atoms with Crippen LogP contribution in [0.1, 0.15) is 48.3 Å². The van der Waals surface area contributed by atoms with Crippen molar-refractivity contribution in [3.8, 4) is 0 Å². The normalized spacial score (nSPS) is 24.4. The van der Waals surface area contributed by atoms with Crippen molar-refractivity contribution >= 4 is 0 Å². The number of hydrogen-bond donors (Lipinski definition) is 0. The maximum absolute atomic E-state index is 4.21. The summed E-state index contributed by atoms with van der Waals surface area (Å²) in [6, 6.07) is 6.97. The van der Waals surface area contributed by atoms with Crippen LogP contribution in [-0.2, 0) is 19.4 Å². The van der Waals surface area contributed by atoms with E-state index in [4.69, 9.17) is 0 Å². The molecule has 0 unspecified atom stereocenters. The van der Waals surface area contributed by atoms with Crippen molar-refractivity contribution in [2.45, 2.75) is 51.0 Å². The first-order chi connectivity index (χ1) is 9.90. The van der Waals surface area contributed by atoms with Crippen LogP contribution in [0.4, 0.5) is 0 Å². The number of aromatic nitrogens is 3. The van der Waals surface area contributed by atoms with Gasteiger partial charge in [-0.15, -0.1) is 0 Å². The summed E-state index contributed by atoms with van der Waals surface area (Å²) in [5.74, 6) is 1.63. The van der Waals surface area contributed by atoms with Crippen LogP contribution in [0.15, 0.2) is 30.9 Å². The zero-order valence-electron chi connectivity index (χ0n) is 11.8. The summed E-state index contributed by atoms with van der Waals surface area (Å²) < 4.78 is 1.97. The highest BCUT2D eigenvalue weighted by molar-refractivity contribution is 5.41. The molecule has 0 saturated carbocycles. The minimum absolute atomic E-state index is 0.810. The Balaban J connectivity index is 1.52. The van der Waals surface area contributed by atoms with Crippen molar-refractivity contribution in [3.63, 3.8) is 0 Å². The molecule has 3 nitrogen and oxygen atoms in total. The Labute approximate surface area is 120 Å². The van der Waals surface area contributed by atoms with Gasteiger partial charge in [0, 0.05) is 6.54 Å². The van der Waals surface area contributed by atoms with Crippen molar-refractivity contribution in [1.29, 1.82) is 0 Å². The maximum atomic E-state index is 4.21. The van der Waals surface area contributed by atoms with Crippen LogP contribution in [0.25, 0.3) is 0 Å². The highest BCUT2D eigenvalue weighted by Gasteiger charge is 2.30. The van der Waals surface area contributed by atoms with E-state index < -0.39 is 0 Å². The van der Waals surface area contributed by atoms with E-state index >= 15 is 0 Å². The molecule has 0 bridgehead atoms. The second-order valence-electron chi connectivity index (χ2n) is 6.33. The fourth-order valence-electron chi connectivity index (χ4n) is 4.19. The molecule has 20 heavy (non-hydrogen) atoms. The fourth-order valence-corrected chi connectivity index (χ4v) is 4.19. The Hall–Kier alpha value is -1.64. The molecule has 2 atom stereocenters. The van der Waals surface area contributed by atoms with Crippen LogP contribution in [0.3, 0.4) is 0 Å². The van der Waals surface area contributed by atoms with E-state index in [1.165, 1.54) is 38.5 Å². The van der Waals surface area contributed by atoms with E-state index in [9.17, 15) is 0 Å². The maximum Gasteiger partial charge on any atom is 0.137 e. The van der Waals surface area contributed by atoms with Gasteiger partial charge in [-0.05, 0) is 67.1 Å². The van der Waals surface area contributed by atoms with Crippen molar-refractivity contribution < 1.29 is 0 Å². The van der Waals surface area contributed by atoms with Crippen LogP contribution in [0, 0.1) is 5.92 Å². The van der Waals surface area contributed by atoms with Gasteiger partial charge in [-0.3, -0.25) is 4.68 Å². The topological polar surface area (TPSA) is 30.7 Å². The highest BCUT2D eigenvalue weighted by Crippen LogP contribution is 2.43. The molecular weight excluding hydrogens is 246 g/mol. The molecule has 2 aliphatic carbocycles. The van der Waals surface area contributed by atoms with E-state index in [1.807, 2.05) is 11.0 Å². The van der Waals surface area contributed by atoms with Crippen molar-refractivity contribution in [1.82, 2.24) is 14.8 Å². The van der Waals surface area contributed by atoms with Gasteiger partial charge < -0.3 is 0 Å². The summed E-state index contributed by atoms with van der Waals surface area (Å²) in [7, 11) is 0. The van der Waals surface area contributed by atoms with Crippen LogP contribution in [-0.4, -0.2) is 14.8 Å². The van der Waals surface area contributed by atoms with E-state index in [1.54, 1.807) is 23.0 Å². The molecule has 1 heterocycles. The van der Waals surface area contributed by atoms with Crippen LogP contribution in [0.5, 0.6) is 0 Å². The summed E-state index contributed by atoms with van der Waals surface area (Å²) >= 11 is 0. The molecule has 0 fully saturated rings. The minimum atomic E-state index is 0.810.